The highest BCUT2D eigenvalue weighted by Gasteiger charge is 2.14. The third-order valence-electron chi connectivity index (χ3n) is 4.12. The van der Waals surface area contributed by atoms with Crippen molar-refractivity contribution in [3.05, 3.63) is 54.2 Å². The molecule has 0 unspecified atom stereocenters. The quantitative estimate of drug-likeness (QED) is 0.725. The minimum atomic E-state index is 0.0804. The SMILES string of the molecule is O=C(C[C@@H]1C=CCC1)Nc1ccc(-c2cn3ccsc3n2)cc1. The summed E-state index contributed by atoms with van der Waals surface area (Å²) in [6, 6.07) is 7.87. The number of imidazole rings is 1. The Morgan fingerprint density at radius 2 is 2.22 bits per heavy atom. The average Bonchev–Trinajstić information content (AvgIpc) is 3.24. The molecule has 0 aliphatic heterocycles. The summed E-state index contributed by atoms with van der Waals surface area (Å²) in [7, 11) is 0. The molecular weight excluding hydrogens is 306 g/mol. The Morgan fingerprint density at radius 3 is 2.96 bits per heavy atom. The first-order chi connectivity index (χ1) is 11.3. The molecule has 1 aromatic carbocycles. The van der Waals surface area contributed by atoms with Gasteiger partial charge in [-0.15, -0.1) is 11.3 Å². The highest BCUT2D eigenvalue weighted by molar-refractivity contribution is 7.15. The third-order valence-corrected chi connectivity index (χ3v) is 4.89. The van der Waals surface area contributed by atoms with Gasteiger partial charge in [-0.2, -0.15) is 0 Å². The van der Waals surface area contributed by atoms with Gasteiger partial charge in [-0.1, -0.05) is 24.3 Å². The molecule has 3 aromatic rings. The van der Waals surface area contributed by atoms with Gasteiger partial charge in [0.25, 0.3) is 0 Å². The number of nitrogens with one attached hydrogen (secondary N) is 1. The molecule has 0 radical (unpaired) electrons. The van der Waals surface area contributed by atoms with Gasteiger partial charge < -0.3 is 5.32 Å². The van der Waals surface area contributed by atoms with Crippen LogP contribution in [0.15, 0.2) is 54.2 Å². The van der Waals surface area contributed by atoms with E-state index in [9.17, 15) is 4.79 Å². The van der Waals surface area contributed by atoms with Crippen LogP contribution in [0.4, 0.5) is 5.69 Å². The van der Waals surface area contributed by atoms with Gasteiger partial charge in [0.05, 0.1) is 5.69 Å². The molecule has 2 aromatic heterocycles. The maximum atomic E-state index is 12.0. The summed E-state index contributed by atoms with van der Waals surface area (Å²) in [4.78, 5) is 17.6. The van der Waals surface area contributed by atoms with Crippen molar-refractivity contribution in [1.29, 1.82) is 0 Å². The highest BCUT2D eigenvalue weighted by Crippen LogP contribution is 2.24. The van der Waals surface area contributed by atoms with Crippen molar-refractivity contribution in [1.82, 2.24) is 9.38 Å². The Bertz CT molecular complexity index is 831. The second-order valence-electron chi connectivity index (χ2n) is 5.81. The highest BCUT2D eigenvalue weighted by atomic mass is 32.1. The maximum absolute atomic E-state index is 12.0. The Labute approximate surface area is 138 Å². The summed E-state index contributed by atoms with van der Waals surface area (Å²) in [5.41, 5.74) is 2.84. The van der Waals surface area contributed by atoms with Crippen LogP contribution in [0.1, 0.15) is 19.3 Å². The molecule has 4 nitrogen and oxygen atoms in total. The molecule has 1 aliphatic rings. The van der Waals surface area contributed by atoms with Gasteiger partial charge in [-0.05, 0) is 30.9 Å². The van der Waals surface area contributed by atoms with Crippen LogP contribution in [0.5, 0.6) is 0 Å². The number of rotatable bonds is 4. The number of amides is 1. The van der Waals surface area contributed by atoms with Crippen molar-refractivity contribution < 1.29 is 4.79 Å². The van der Waals surface area contributed by atoms with Crippen LogP contribution in [0, 0.1) is 5.92 Å². The van der Waals surface area contributed by atoms with E-state index in [1.54, 1.807) is 11.3 Å². The van der Waals surface area contributed by atoms with Crippen molar-refractivity contribution in [2.75, 3.05) is 5.32 Å². The summed E-state index contributed by atoms with van der Waals surface area (Å²) in [6.07, 6.45) is 11.1. The Kier molecular flexibility index (Phi) is 3.71. The van der Waals surface area contributed by atoms with Crippen molar-refractivity contribution in [2.45, 2.75) is 19.3 Å². The molecule has 5 heteroatoms. The first kappa shape index (κ1) is 14.2. The van der Waals surface area contributed by atoms with Crippen molar-refractivity contribution in [2.24, 2.45) is 5.92 Å². The number of hydrogen-bond acceptors (Lipinski definition) is 3. The molecule has 4 rings (SSSR count). The largest absolute Gasteiger partial charge is 0.326 e. The van der Waals surface area contributed by atoms with Crippen LogP contribution >= 0.6 is 11.3 Å². The topological polar surface area (TPSA) is 46.4 Å². The van der Waals surface area contributed by atoms with Gasteiger partial charge in [0.1, 0.15) is 0 Å². The van der Waals surface area contributed by atoms with E-state index in [0.717, 1.165) is 34.7 Å². The Balaban J connectivity index is 1.44. The lowest BCUT2D eigenvalue weighted by molar-refractivity contribution is -0.116. The maximum Gasteiger partial charge on any atom is 0.224 e. The Hall–Kier alpha value is -2.40. The number of anilines is 1. The normalized spacial score (nSPS) is 17.0. The lowest BCUT2D eigenvalue weighted by Gasteiger charge is -2.09. The molecule has 116 valence electrons. The summed E-state index contributed by atoms with van der Waals surface area (Å²) in [5.74, 6) is 0.476. The first-order valence-corrected chi connectivity index (χ1v) is 8.65. The smallest absolute Gasteiger partial charge is 0.224 e. The summed E-state index contributed by atoms with van der Waals surface area (Å²) >= 11 is 1.62. The molecule has 23 heavy (non-hydrogen) atoms. The summed E-state index contributed by atoms with van der Waals surface area (Å²) in [5, 5.41) is 4.99. The third kappa shape index (κ3) is 3.05. The zero-order chi connectivity index (χ0) is 15.6. The van der Waals surface area contributed by atoms with Crippen LogP contribution in [0.25, 0.3) is 16.2 Å². The molecule has 1 atom stereocenters. The molecular formula is C18H17N3OS. The number of benzene rings is 1. The number of fused-ring (bicyclic) bond motifs is 1. The molecule has 0 saturated heterocycles. The fraction of sp³-hybridized carbons (Fsp3) is 0.222. The molecule has 0 fully saturated rings. The predicted octanol–water partition coefficient (Wildman–Crippen LogP) is 4.36. The number of carbonyl (C=O) groups is 1. The van der Waals surface area contributed by atoms with E-state index in [1.165, 1.54) is 0 Å². The fourth-order valence-corrected chi connectivity index (χ4v) is 3.61. The van der Waals surface area contributed by atoms with Gasteiger partial charge in [0.2, 0.25) is 5.91 Å². The average molecular weight is 323 g/mol. The number of hydrogen-bond donors (Lipinski definition) is 1. The van der Waals surface area contributed by atoms with Crippen LogP contribution in [0.3, 0.4) is 0 Å². The lowest BCUT2D eigenvalue weighted by atomic mass is 10.0. The number of aromatic nitrogens is 2. The molecule has 0 bridgehead atoms. The molecule has 0 spiro atoms. The van der Waals surface area contributed by atoms with E-state index in [1.807, 2.05) is 46.4 Å². The zero-order valence-electron chi connectivity index (χ0n) is 12.6. The second kappa shape index (κ2) is 6.01. The zero-order valence-corrected chi connectivity index (χ0v) is 13.4. The minimum Gasteiger partial charge on any atom is -0.326 e. The van der Waals surface area contributed by atoms with E-state index in [0.29, 0.717) is 12.3 Å². The molecule has 1 aliphatic carbocycles. The van der Waals surface area contributed by atoms with Crippen LogP contribution in [-0.4, -0.2) is 15.3 Å². The van der Waals surface area contributed by atoms with Crippen LogP contribution in [0.2, 0.25) is 0 Å². The van der Waals surface area contributed by atoms with Crippen LogP contribution in [-0.2, 0) is 4.79 Å². The van der Waals surface area contributed by atoms with Gasteiger partial charge >= 0.3 is 0 Å². The first-order valence-electron chi connectivity index (χ1n) is 7.77. The lowest BCUT2D eigenvalue weighted by Crippen LogP contribution is -2.14. The van der Waals surface area contributed by atoms with Gasteiger partial charge in [0.15, 0.2) is 4.96 Å². The monoisotopic (exact) mass is 323 g/mol. The minimum absolute atomic E-state index is 0.0804. The summed E-state index contributed by atoms with van der Waals surface area (Å²) < 4.78 is 2.02. The number of allylic oxidation sites excluding steroid dienone is 2. The molecule has 0 saturated carbocycles. The Morgan fingerprint density at radius 1 is 1.35 bits per heavy atom. The standard InChI is InChI=1S/C18H17N3OS/c22-17(11-13-3-1-2-4-13)19-15-7-5-14(6-8-15)16-12-21-9-10-23-18(21)20-16/h1,3,5-10,12-13H,2,4,11H2,(H,19,22)/t13-/m1/s1. The molecule has 1 amide bonds. The van der Waals surface area contributed by atoms with Gasteiger partial charge in [0, 0.05) is 35.4 Å². The van der Waals surface area contributed by atoms with Gasteiger partial charge in [-0.3, -0.25) is 9.20 Å². The van der Waals surface area contributed by atoms with Crippen molar-refractivity contribution in [3.8, 4) is 11.3 Å². The van der Waals surface area contributed by atoms with E-state index in [4.69, 9.17) is 0 Å². The number of nitrogens with zero attached hydrogens (tertiary/aromatic N) is 2. The molecule has 2 heterocycles. The van der Waals surface area contributed by atoms with Crippen LogP contribution < -0.4 is 5.32 Å². The van der Waals surface area contributed by atoms with E-state index in [2.05, 4.69) is 22.5 Å². The molecule has 1 N–H and O–H groups in total. The second-order valence-corrected chi connectivity index (χ2v) is 6.69. The summed E-state index contributed by atoms with van der Waals surface area (Å²) in [6.45, 7) is 0. The van der Waals surface area contributed by atoms with E-state index < -0.39 is 0 Å². The van der Waals surface area contributed by atoms with Crippen molar-refractivity contribution in [3.63, 3.8) is 0 Å². The number of carbonyl (C=O) groups excluding carboxylic acids is 1. The fourth-order valence-electron chi connectivity index (χ4n) is 2.91. The van der Waals surface area contributed by atoms with Gasteiger partial charge in [-0.25, -0.2) is 4.98 Å². The van der Waals surface area contributed by atoms with Crippen molar-refractivity contribution >= 4 is 27.9 Å². The van der Waals surface area contributed by atoms with E-state index in [-0.39, 0.29) is 5.91 Å². The van der Waals surface area contributed by atoms with E-state index >= 15 is 0 Å². The number of thiazole rings is 1. The predicted molar refractivity (Wildman–Crippen MR) is 93.6 cm³/mol.